The molecule has 0 radical (unpaired) electrons. The molecule has 3 rings (SSSR count). The Morgan fingerprint density at radius 3 is 2.64 bits per heavy atom. The summed E-state index contributed by atoms with van der Waals surface area (Å²) in [5, 5.41) is 0.663. The molecule has 0 spiro atoms. The number of nitrogens with zero attached hydrogens (tertiary/aromatic N) is 3. The summed E-state index contributed by atoms with van der Waals surface area (Å²) in [7, 11) is 0. The van der Waals surface area contributed by atoms with Crippen LogP contribution >= 0.6 is 11.6 Å². The van der Waals surface area contributed by atoms with Gasteiger partial charge in [-0.1, -0.05) is 31.4 Å². The van der Waals surface area contributed by atoms with E-state index in [1.807, 2.05) is 12.1 Å². The van der Waals surface area contributed by atoms with Crippen LogP contribution in [-0.2, 0) is 4.79 Å². The molecule has 25 heavy (non-hydrogen) atoms. The van der Waals surface area contributed by atoms with Crippen LogP contribution in [0.5, 0.6) is 0 Å². The summed E-state index contributed by atoms with van der Waals surface area (Å²) in [6, 6.07) is 3.85. The fourth-order valence-corrected chi connectivity index (χ4v) is 4.36. The number of anilines is 1. The van der Waals surface area contributed by atoms with Crippen LogP contribution < -0.4 is 4.90 Å². The molecule has 2 aliphatic rings. The third-order valence-corrected chi connectivity index (χ3v) is 5.96. The van der Waals surface area contributed by atoms with E-state index in [0.717, 1.165) is 50.8 Å². The van der Waals surface area contributed by atoms with E-state index in [0.29, 0.717) is 10.9 Å². The summed E-state index contributed by atoms with van der Waals surface area (Å²) in [5.41, 5.74) is 0. The van der Waals surface area contributed by atoms with E-state index in [-0.39, 0.29) is 5.92 Å². The van der Waals surface area contributed by atoms with Crippen molar-refractivity contribution in [2.24, 2.45) is 11.8 Å². The number of hydrogen-bond acceptors (Lipinski definition) is 3. The molecule has 138 valence electrons. The second kappa shape index (κ2) is 8.88. The van der Waals surface area contributed by atoms with E-state index < -0.39 is 0 Å². The van der Waals surface area contributed by atoms with Crippen molar-refractivity contribution in [1.29, 1.82) is 0 Å². The molecule has 5 heteroatoms. The van der Waals surface area contributed by atoms with Gasteiger partial charge >= 0.3 is 0 Å². The Kier molecular flexibility index (Phi) is 6.57. The topological polar surface area (TPSA) is 36.4 Å². The van der Waals surface area contributed by atoms with E-state index in [2.05, 4.69) is 21.7 Å². The molecule has 1 atom stereocenters. The first-order valence-corrected chi connectivity index (χ1v) is 10.2. The maximum Gasteiger partial charge on any atom is 0.225 e. The third-order valence-electron chi connectivity index (χ3n) is 5.74. The lowest BCUT2D eigenvalue weighted by atomic mass is 9.94. The highest BCUT2D eigenvalue weighted by Crippen LogP contribution is 2.27. The number of hydrogen-bond donors (Lipinski definition) is 0. The molecule has 2 fully saturated rings. The van der Waals surface area contributed by atoms with Gasteiger partial charge in [-0.3, -0.25) is 4.79 Å². The number of likely N-dealkylation sites (tertiary alicyclic amines) is 1. The standard InChI is InChI=1S/C20H30ClN3O/c1-2-4-16-5-3-11-24(12-8-16)20(25)17-9-13-23(14-10-17)19-7-6-18(21)15-22-19/h6-7,15-17H,2-5,8-14H2,1H3. The fourth-order valence-electron chi connectivity index (χ4n) is 4.25. The van der Waals surface area contributed by atoms with Crippen molar-refractivity contribution < 1.29 is 4.79 Å². The van der Waals surface area contributed by atoms with Gasteiger partial charge in [0.25, 0.3) is 0 Å². The number of carbonyl (C=O) groups excluding carboxylic acids is 1. The number of rotatable bonds is 4. The minimum atomic E-state index is 0.186. The van der Waals surface area contributed by atoms with Gasteiger partial charge in [0, 0.05) is 38.3 Å². The highest BCUT2D eigenvalue weighted by molar-refractivity contribution is 6.30. The molecule has 1 aromatic heterocycles. The lowest BCUT2D eigenvalue weighted by molar-refractivity contribution is -0.136. The Morgan fingerprint density at radius 1 is 1.16 bits per heavy atom. The second-order valence-electron chi connectivity index (χ2n) is 7.51. The molecule has 0 aliphatic carbocycles. The lowest BCUT2D eigenvalue weighted by Crippen LogP contribution is -2.43. The van der Waals surface area contributed by atoms with Crippen molar-refractivity contribution in [2.45, 2.75) is 51.9 Å². The quantitative estimate of drug-likeness (QED) is 0.796. The maximum atomic E-state index is 12.9. The van der Waals surface area contributed by atoms with E-state index in [9.17, 15) is 4.79 Å². The first-order valence-electron chi connectivity index (χ1n) is 9.82. The number of amides is 1. The Bertz CT molecular complexity index is 555. The summed E-state index contributed by atoms with van der Waals surface area (Å²) in [4.78, 5) is 21.7. The zero-order chi connectivity index (χ0) is 17.6. The van der Waals surface area contributed by atoms with Crippen LogP contribution in [0.25, 0.3) is 0 Å². The molecule has 4 nitrogen and oxygen atoms in total. The molecule has 1 unspecified atom stereocenters. The van der Waals surface area contributed by atoms with E-state index >= 15 is 0 Å². The summed E-state index contributed by atoms with van der Waals surface area (Å²) < 4.78 is 0. The number of carbonyl (C=O) groups is 1. The van der Waals surface area contributed by atoms with Crippen molar-refractivity contribution in [3.63, 3.8) is 0 Å². The Balaban J connectivity index is 1.50. The van der Waals surface area contributed by atoms with Gasteiger partial charge in [0.2, 0.25) is 5.91 Å². The van der Waals surface area contributed by atoms with Crippen LogP contribution in [-0.4, -0.2) is 42.0 Å². The molecule has 0 N–H and O–H groups in total. The third kappa shape index (κ3) is 4.87. The zero-order valence-corrected chi connectivity index (χ0v) is 16.0. The number of pyridine rings is 1. The van der Waals surface area contributed by atoms with Crippen molar-refractivity contribution in [1.82, 2.24) is 9.88 Å². The Hall–Kier alpha value is -1.29. The Morgan fingerprint density at radius 2 is 1.96 bits per heavy atom. The van der Waals surface area contributed by atoms with Crippen LogP contribution in [0.15, 0.2) is 18.3 Å². The predicted octanol–water partition coefficient (Wildman–Crippen LogP) is 4.38. The molecule has 2 saturated heterocycles. The monoisotopic (exact) mass is 363 g/mol. The van der Waals surface area contributed by atoms with E-state index in [4.69, 9.17) is 11.6 Å². The minimum Gasteiger partial charge on any atom is -0.357 e. The van der Waals surface area contributed by atoms with Gasteiger partial charge < -0.3 is 9.80 Å². The van der Waals surface area contributed by atoms with Crippen molar-refractivity contribution >= 4 is 23.3 Å². The van der Waals surface area contributed by atoms with Gasteiger partial charge in [0.1, 0.15) is 5.82 Å². The van der Waals surface area contributed by atoms with Gasteiger partial charge in [-0.2, -0.15) is 0 Å². The number of aromatic nitrogens is 1. The average molecular weight is 364 g/mol. The van der Waals surface area contributed by atoms with Crippen molar-refractivity contribution in [2.75, 3.05) is 31.1 Å². The average Bonchev–Trinajstić information content (AvgIpc) is 2.88. The normalized spacial score (nSPS) is 22.7. The van der Waals surface area contributed by atoms with Gasteiger partial charge in [-0.25, -0.2) is 4.98 Å². The smallest absolute Gasteiger partial charge is 0.225 e. The van der Waals surface area contributed by atoms with Crippen molar-refractivity contribution in [3.05, 3.63) is 23.4 Å². The molecule has 1 aromatic rings. The summed E-state index contributed by atoms with van der Waals surface area (Å²) >= 11 is 5.91. The molecule has 2 aliphatic heterocycles. The number of piperidine rings is 1. The molecule has 0 saturated carbocycles. The lowest BCUT2D eigenvalue weighted by Gasteiger charge is -2.34. The molecule has 0 aromatic carbocycles. The highest BCUT2D eigenvalue weighted by atomic mass is 35.5. The maximum absolute atomic E-state index is 12.9. The Labute approximate surface area is 156 Å². The van der Waals surface area contributed by atoms with Gasteiger partial charge in [-0.05, 0) is 50.2 Å². The minimum absolute atomic E-state index is 0.186. The summed E-state index contributed by atoms with van der Waals surface area (Å²) in [6.07, 6.45) is 9.77. The summed E-state index contributed by atoms with van der Waals surface area (Å²) in [5.74, 6) is 2.36. The highest BCUT2D eigenvalue weighted by Gasteiger charge is 2.30. The number of halogens is 1. The first-order chi connectivity index (χ1) is 12.2. The fraction of sp³-hybridized carbons (Fsp3) is 0.700. The predicted molar refractivity (Wildman–Crippen MR) is 103 cm³/mol. The van der Waals surface area contributed by atoms with Gasteiger partial charge in [0.15, 0.2) is 0 Å². The molecular formula is C20H30ClN3O. The van der Waals surface area contributed by atoms with Crippen molar-refractivity contribution in [3.8, 4) is 0 Å². The van der Waals surface area contributed by atoms with Crippen LogP contribution in [0.3, 0.4) is 0 Å². The van der Waals surface area contributed by atoms with Crippen LogP contribution in [0.4, 0.5) is 5.82 Å². The first kappa shape index (κ1) is 18.5. The SMILES string of the molecule is CCCC1CCCN(C(=O)C2CCN(c3ccc(Cl)cn3)CC2)CC1. The molecule has 1 amide bonds. The van der Waals surface area contributed by atoms with Crippen LogP contribution in [0.1, 0.15) is 51.9 Å². The van der Waals surface area contributed by atoms with Gasteiger partial charge in [-0.15, -0.1) is 0 Å². The van der Waals surface area contributed by atoms with E-state index in [1.165, 1.54) is 32.1 Å². The van der Waals surface area contributed by atoms with Crippen LogP contribution in [0.2, 0.25) is 5.02 Å². The summed E-state index contributed by atoms with van der Waals surface area (Å²) in [6.45, 7) is 5.98. The molecule has 0 bridgehead atoms. The molecular weight excluding hydrogens is 334 g/mol. The molecule has 3 heterocycles. The largest absolute Gasteiger partial charge is 0.357 e. The van der Waals surface area contributed by atoms with Gasteiger partial charge in [0.05, 0.1) is 5.02 Å². The second-order valence-corrected chi connectivity index (χ2v) is 7.94. The zero-order valence-electron chi connectivity index (χ0n) is 15.3. The van der Waals surface area contributed by atoms with E-state index in [1.54, 1.807) is 6.20 Å². The van der Waals surface area contributed by atoms with Crippen LogP contribution in [0, 0.1) is 11.8 Å².